The lowest BCUT2D eigenvalue weighted by molar-refractivity contribution is 0.369. The molecule has 0 bridgehead atoms. The lowest BCUT2D eigenvalue weighted by Crippen LogP contribution is -1.91. The maximum Gasteiger partial charge on any atom is 0.316 e. The molecule has 4 nitrogen and oxygen atoms in total. The lowest BCUT2D eigenvalue weighted by Gasteiger charge is -1.98. The van der Waals surface area contributed by atoms with Gasteiger partial charge in [-0.25, -0.2) is 0 Å². The molecule has 0 radical (unpaired) electrons. The van der Waals surface area contributed by atoms with E-state index < -0.39 is 0 Å². The summed E-state index contributed by atoms with van der Waals surface area (Å²) >= 11 is 0. The van der Waals surface area contributed by atoms with Crippen LogP contribution < -0.4 is 9.47 Å². The second-order valence-corrected chi connectivity index (χ2v) is 1.61. The molecule has 1 heterocycles. The molecular formula is C6H8N2O2. The van der Waals surface area contributed by atoms with Gasteiger partial charge in [0, 0.05) is 0 Å². The van der Waals surface area contributed by atoms with E-state index in [1.807, 2.05) is 0 Å². The van der Waals surface area contributed by atoms with Crippen LogP contribution in [0.3, 0.4) is 0 Å². The van der Waals surface area contributed by atoms with Gasteiger partial charge in [-0.05, 0) is 0 Å². The summed E-state index contributed by atoms with van der Waals surface area (Å²) in [4.78, 5) is 7.62. The molecule has 4 heteroatoms. The standard InChI is InChI=1S/C6H8N2O2/c1-9-5-3-7-6(10-2)8-4-5/h3-4H,1-2H3. The van der Waals surface area contributed by atoms with E-state index in [4.69, 9.17) is 9.47 Å². The third kappa shape index (κ3) is 1.34. The number of hydrogen-bond donors (Lipinski definition) is 0. The van der Waals surface area contributed by atoms with E-state index in [0.717, 1.165) is 0 Å². The van der Waals surface area contributed by atoms with Crippen LogP contribution in [0.1, 0.15) is 0 Å². The zero-order valence-corrected chi connectivity index (χ0v) is 5.87. The summed E-state index contributed by atoms with van der Waals surface area (Å²) < 4.78 is 9.57. The van der Waals surface area contributed by atoms with Crippen molar-refractivity contribution in [1.82, 2.24) is 9.97 Å². The van der Waals surface area contributed by atoms with Crippen LogP contribution in [0.2, 0.25) is 0 Å². The molecule has 0 saturated carbocycles. The van der Waals surface area contributed by atoms with E-state index >= 15 is 0 Å². The maximum absolute atomic E-state index is 4.83. The fourth-order valence-electron chi connectivity index (χ4n) is 0.515. The van der Waals surface area contributed by atoms with Gasteiger partial charge in [0.05, 0.1) is 26.6 Å². The van der Waals surface area contributed by atoms with Crippen LogP contribution >= 0.6 is 0 Å². The molecule has 0 amide bonds. The molecule has 0 saturated heterocycles. The first-order chi connectivity index (χ1) is 4.86. The van der Waals surface area contributed by atoms with Gasteiger partial charge in [-0.1, -0.05) is 0 Å². The third-order valence-corrected chi connectivity index (χ3v) is 1.02. The van der Waals surface area contributed by atoms with Crippen LogP contribution in [0.5, 0.6) is 11.8 Å². The lowest BCUT2D eigenvalue weighted by atomic mass is 10.6. The van der Waals surface area contributed by atoms with Crippen molar-refractivity contribution in [2.75, 3.05) is 14.2 Å². The maximum atomic E-state index is 4.83. The molecule has 0 aliphatic heterocycles. The van der Waals surface area contributed by atoms with Gasteiger partial charge in [-0.15, -0.1) is 0 Å². The minimum atomic E-state index is 0.348. The van der Waals surface area contributed by atoms with Gasteiger partial charge in [-0.2, -0.15) is 9.97 Å². The first-order valence-electron chi connectivity index (χ1n) is 2.77. The summed E-state index contributed by atoms with van der Waals surface area (Å²) in [5.41, 5.74) is 0. The first-order valence-corrected chi connectivity index (χ1v) is 2.77. The SMILES string of the molecule is COc1cnc(OC)nc1. The summed E-state index contributed by atoms with van der Waals surface area (Å²) in [6, 6.07) is 0.348. The Hall–Kier alpha value is -1.32. The van der Waals surface area contributed by atoms with Crippen molar-refractivity contribution in [3.05, 3.63) is 12.4 Å². The Kier molecular flexibility index (Phi) is 2.04. The molecule has 1 aromatic heterocycles. The van der Waals surface area contributed by atoms with Crippen LogP contribution in [-0.2, 0) is 0 Å². The Morgan fingerprint density at radius 3 is 2.10 bits per heavy atom. The minimum Gasteiger partial charge on any atom is -0.494 e. The van der Waals surface area contributed by atoms with Crippen molar-refractivity contribution in [3.8, 4) is 11.8 Å². The van der Waals surface area contributed by atoms with Crippen molar-refractivity contribution in [1.29, 1.82) is 0 Å². The van der Waals surface area contributed by atoms with Crippen molar-refractivity contribution in [2.45, 2.75) is 0 Å². The fraction of sp³-hybridized carbons (Fsp3) is 0.333. The first kappa shape index (κ1) is 6.80. The largest absolute Gasteiger partial charge is 0.494 e. The van der Waals surface area contributed by atoms with Gasteiger partial charge in [0.25, 0.3) is 0 Å². The predicted molar refractivity (Wildman–Crippen MR) is 35.1 cm³/mol. The van der Waals surface area contributed by atoms with Crippen molar-refractivity contribution in [3.63, 3.8) is 0 Å². The Balaban J connectivity index is 2.80. The molecule has 0 spiro atoms. The van der Waals surface area contributed by atoms with Crippen LogP contribution in [0.4, 0.5) is 0 Å². The highest BCUT2D eigenvalue weighted by atomic mass is 16.5. The van der Waals surface area contributed by atoms with Gasteiger partial charge in [0.15, 0.2) is 5.75 Å². The number of rotatable bonds is 2. The Morgan fingerprint density at radius 1 is 1.10 bits per heavy atom. The summed E-state index contributed by atoms with van der Waals surface area (Å²) in [6.45, 7) is 0. The summed E-state index contributed by atoms with van der Waals surface area (Å²) in [5.74, 6) is 0.626. The molecule has 0 unspecified atom stereocenters. The quantitative estimate of drug-likeness (QED) is 0.599. The molecule has 0 N–H and O–H groups in total. The number of aromatic nitrogens is 2. The van der Waals surface area contributed by atoms with Crippen LogP contribution in [-0.4, -0.2) is 24.2 Å². The number of methoxy groups -OCH3 is 2. The molecule has 54 valence electrons. The van der Waals surface area contributed by atoms with Gasteiger partial charge >= 0.3 is 6.01 Å². The summed E-state index contributed by atoms with van der Waals surface area (Å²) in [7, 11) is 3.08. The molecule has 0 aliphatic rings. The normalized spacial score (nSPS) is 9.00. The highest BCUT2D eigenvalue weighted by molar-refractivity contribution is 5.13. The Labute approximate surface area is 58.8 Å². The van der Waals surface area contributed by atoms with E-state index in [-0.39, 0.29) is 0 Å². The zero-order chi connectivity index (χ0) is 7.40. The van der Waals surface area contributed by atoms with E-state index in [0.29, 0.717) is 11.8 Å². The molecule has 1 aromatic rings. The average Bonchev–Trinajstić information content (AvgIpc) is 2.05. The van der Waals surface area contributed by atoms with Gasteiger partial charge in [0.2, 0.25) is 0 Å². The predicted octanol–water partition coefficient (Wildman–Crippen LogP) is 0.494. The number of nitrogens with zero attached hydrogens (tertiary/aromatic N) is 2. The molecule has 0 aromatic carbocycles. The second kappa shape index (κ2) is 3.00. The van der Waals surface area contributed by atoms with Crippen LogP contribution in [0, 0.1) is 0 Å². The highest BCUT2D eigenvalue weighted by Crippen LogP contribution is 2.07. The molecule has 0 fully saturated rings. The van der Waals surface area contributed by atoms with E-state index in [2.05, 4.69) is 9.97 Å². The van der Waals surface area contributed by atoms with Gasteiger partial charge < -0.3 is 9.47 Å². The molecule has 0 aliphatic carbocycles. The monoisotopic (exact) mass is 140 g/mol. The van der Waals surface area contributed by atoms with E-state index in [9.17, 15) is 0 Å². The fourth-order valence-corrected chi connectivity index (χ4v) is 0.515. The van der Waals surface area contributed by atoms with Crippen molar-refractivity contribution < 1.29 is 9.47 Å². The third-order valence-electron chi connectivity index (χ3n) is 1.02. The Morgan fingerprint density at radius 2 is 1.70 bits per heavy atom. The highest BCUT2D eigenvalue weighted by Gasteiger charge is 1.93. The van der Waals surface area contributed by atoms with E-state index in [1.165, 1.54) is 7.11 Å². The topological polar surface area (TPSA) is 44.2 Å². The molecule has 1 rings (SSSR count). The minimum absolute atomic E-state index is 0.348. The second-order valence-electron chi connectivity index (χ2n) is 1.61. The average molecular weight is 140 g/mol. The number of ether oxygens (including phenoxy) is 2. The smallest absolute Gasteiger partial charge is 0.316 e. The van der Waals surface area contributed by atoms with Crippen LogP contribution in [0.25, 0.3) is 0 Å². The molecule has 0 atom stereocenters. The zero-order valence-electron chi connectivity index (χ0n) is 5.87. The van der Waals surface area contributed by atoms with Gasteiger partial charge in [0.1, 0.15) is 0 Å². The summed E-state index contributed by atoms with van der Waals surface area (Å²) in [5, 5.41) is 0. The Bertz CT molecular complexity index is 174. The number of hydrogen-bond acceptors (Lipinski definition) is 4. The molecular weight excluding hydrogens is 132 g/mol. The summed E-state index contributed by atoms with van der Waals surface area (Å²) in [6.07, 6.45) is 3.09. The molecule has 10 heavy (non-hydrogen) atoms. The van der Waals surface area contributed by atoms with Crippen LogP contribution in [0.15, 0.2) is 12.4 Å². The van der Waals surface area contributed by atoms with Crippen molar-refractivity contribution >= 4 is 0 Å². The van der Waals surface area contributed by atoms with E-state index in [1.54, 1.807) is 19.5 Å². The van der Waals surface area contributed by atoms with Gasteiger partial charge in [-0.3, -0.25) is 0 Å². The van der Waals surface area contributed by atoms with Crippen molar-refractivity contribution in [2.24, 2.45) is 0 Å².